The molecule has 1 aromatic carbocycles. The van der Waals surface area contributed by atoms with Crippen molar-refractivity contribution >= 4 is 36.4 Å². The summed E-state index contributed by atoms with van der Waals surface area (Å²) >= 11 is 0. The predicted molar refractivity (Wildman–Crippen MR) is 108 cm³/mol. The van der Waals surface area contributed by atoms with Gasteiger partial charge in [0.05, 0.1) is 19.8 Å². The first-order valence-corrected chi connectivity index (χ1v) is 8.62. The first-order valence-electron chi connectivity index (χ1n) is 8.62. The minimum absolute atomic E-state index is 0. The van der Waals surface area contributed by atoms with Crippen molar-refractivity contribution in [2.45, 2.75) is 43.7 Å². The maximum Gasteiger partial charge on any atom is 0.240 e. The largest absolute Gasteiger partial charge is 0.497 e. The van der Waals surface area contributed by atoms with Gasteiger partial charge in [-0.3, -0.25) is 4.79 Å². The topological polar surface area (TPSA) is 76.8 Å². The van der Waals surface area contributed by atoms with Crippen LogP contribution in [0.4, 0.5) is 5.69 Å². The van der Waals surface area contributed by atoms with Crippen LogP contribution in [0.2, 0.25) is 0 Å². The summed E-state index contributed by atoms with van der Waals surface area (Å²) in [6.07, 6.45) is 4.60. The van der Waals surface area contributed by atoms with Crippen LogP contribution in [-0.4, -0.2) is 44.8 Å². The SMILES string of the molecule is COc1cc(OC)cc(N2CCC(NC(=O)C3(N)CCCC3)C2)c1.Cl.Cl. The van der Waals surface area contributed by atoms with Gasteiger partial charge in [0.1, 0.15) is 11.5 Å². The Hall–Kier alpha value is -1.37. The number of methoxy groups -OCH3 is 2. The van der Waals surface area contributed by atoms with Crippen molar-refractivity contribution in [1.82, 2.24) is 5.32 Å². The highest BCUT2D eigenvalue weighted by Crippen LogP contribution is 2.31. The second-order valence-corrected chi connectivity index (χ2v) is 6.84. The van der Waals surface area contributed by atoms with Crippen molar-refractivity contribution in [3.05, 3.63) is 18.2 Å². The summed E-state index contributed by atoms with van der Waals surface area (Å²) in [5.74, 6) is 1.54. The third-order valence-corrected chi connectivity index (χ3v) is 5.17. The predicted octanol–water partition coefficient (Wildman–Crippen LogP) is 2.51. The van der Waals surface area contributed by atoms with E-state index in [1.54, 1.807) is 14.2 Å². The second kappa shape index (κ2) is 9.53. The molecule has 2 aliphatic rings. The summed E-state index contributed by atoms with van der Waals surface area (Å²) in [6, 6.07) is 5.98. The fraction of sp³-hybridized carbons (Fsp3) is 0.611. The molecule has 1 aliphatic carbocycles. The number of nitrogens with two attached hydrogens (primary N) is 1. The standard InChI is InChI=1S/C18H27N3O3.2ClH/c1-23-15-9-14(10-16(11-15)24-2)21-8-5-13(12-21)20-17(22)18(19)6-3-4-7-18;;/h9-11,13H,3-8,12,19H2,1-2H3,(H,20,22);2*1H. The Balaban J connectivity index is 0.00000169. The zero-order valence-electron chi connectivity index (χ0n) is 15.3. The first kappa shape index (κ1) is 22.7. The van der Waals surface area contributed by atoms with Gasteiger partial charge in [-0.25, -0.2) is 0 Å². The van der Waals surface area contributed by atoms with Gasteiger partial charge < -0.3 is 25.4 Å². The van der Waals surface area contributed by atoms with Crippen LogP contribution in [0.5, 0.6) is 11.5 Å². The van der Waals surface area contributed by atoms with Crippen molar-refractivity contribution < 1.29 is 14.3 Å². The van der Waals surface area contributed by atoms with E-state index in [4.69, 9.17) is 15.2 Å². The van der Waals surface area contributed by atoms with Crippen molar-refractivity contribution in [1.29, 1.82) is 0 Å². The molecular formula is C18H29Cl2N3O3. The highest BCUT2D eigenvalue weighted by Gasteiger charge is 2.38. The number of benzene rings is 1. The van der Waals surface area contributed by atoms with Gasteiger partial charge in [0, 0.05) is 43.0 Å². The van der Waals surface area contributed by atoms with Gasteiger partial charge in [-0.1, -0.05) is 12.8 Å². The molecule has 1 atom stereocenters. The lowest BCUT2D eigenvalue weighted by Gasteiger charge is -2.25. The van der Waals surface area contributed by atoms with Crippen LogP contribution in [-0.2, 0) is 4.79 Å². The summed E-state index contributed by atoms with van der Waals surface area (Å²) < 4.78 is 10.7. The highest BCUT2D eigenvalue weighted by atomic mass is 35.5. The Kier molecular flexibility index (Phi) is 8.31. The van der Waals surface area contributed by atoms with E-state index in [2.05, 4.69) is 10.2 Å². The van der Waals surface area contributed by atoms with Gasteiger partial charge in [-0.15, -0.1) is 24.8 Å². The molecule has 2 fully saturated rings. The molecule has 0 spiro atoms. The molecule has 0 aromatic heterocycles. The minimum atomic E-state index is -0.660. The molecule has 1 unspecified atom stereocenters. The number of hydrogen-bond acceptors (Lipinski definition) is 5. The summed E-state index contributed by atoms with van der Waals surface area (Å²) in [7, 11) is 3.29. The van der Waals surface area contributed by atoms with Gasteiger partial charge in [0.2, 0.25) is 5.91 Å². The average Bonchev–Trinajstić information content (AvgIpc) is 3.24. The van der Waals surface area contributed by atoms with Crippen molar-refractivity contribution in [3.63, 3.8) is 0 Å². The number of halogens is 2. The van der Waals surface area contributed by atoms with E-state index in [-0.39, 0.29) is 36.8 Å². The number of nitrogens with zero attached hydrogens (tertiary/aromatic N) is 1. The Morgan fingerprint density at radius 3 is 2.27 bits per heavy atom. The van der Waals surface area contributed by atoms with Crippen LogP contribution in [0.25, 0.3) is 0 Å². The van der Waals surface area contributed by atoms with E-state index in [1.807, 2.05) is 18.2 Å². The second-order valence-electron chi connectivity index (χ2n) is 6.84. The maximum atomic E-state index is 12.5. The molecule has 1 amide bonds. The van der Waals surface area contributed by atoms with Crippen LogP contribution in [0, 0.1) is 0 Å². The molecule has 0 radical (unpaired) electrons. The lowest BCUT2D eigenvalue weighted by molar-refractivity contribution is -0.126. The third kappa shape index (κ3) is 4.87. The number of hydrogen-bond donors (Lipinski definition) is 2. The quantitative estimate of drug-likeness (QED) is 0.786. The van der Waals surface area contributed by atoms with Gasteiger partial charge in [0.15, 0.2) is 0 Å². The fourth-order valence-electron chi connectivity index (χ4n) is 3.65. The summed E-state index contributed by atoms with van der Waals surface area (Å²) in [4.78, 5) is 14.7. The van der Waals surface area contributed by atoms with Crippen molar-refractivity contribution in [3.8, 4) is 11.5 Å². The van der Waals surface area contributed by atoms with E-state index in [1.165, 1.54) is 0 Å². The summed E-state index contributed by atoms with van der Waals surface area (Å²) in [5.41, 5.74) is 6.63. The van der Waals surface area contributed by atoms with E-state index in [9.17, 15) is 4.79 Å². The number of carbonyl (C=O) groups excluding carboxylic acids is 1. The molecule has 1 aromatic rings. The number of anilines is 1. The lowest BCUT2D eigenvalue weighted by atomic mass is 9.97. The third-order valence-electron chi connectivity index (χ3n) is 5.17. The Bertz CT molecular complexity index is 587. The molecule has 0 bridgehead atoms. The monoisotopic (exact) mass is 405 g/mol. The Morgan fingerprint density at radius 1 is 1.15 bits per heavy atom. The smallest absolute Gasteiger partial charge is 0.240 e. The molecule has 1 heterocycles. The molecule has 1 saturated heterocycles. The molecule has 148 valence electrons. The number of nitrogens with one attached hydrogen (secondary N) is 1. The van der Waals surface area contributed by atoms with E-state index in [0.717, 1.165) is 62.4 Å². The number of ether oxygens (including phenoxy) is 2. The Morgan fingerprint density at radius 2 is 1.73 bits per heavy atom. The number of carbonyl (C=O) groups is 1. The highest BCUT2D eigenvalue weighted by molar-refractivity contribution is 5.86. The van der Waals surface area contributed by atoms with E-state index < -0.39 is 5.54 Å². The van der Waals surface area contributed by atoms with E-state index >= 15 is 0 Å². The lowest BCUT2D eigenvalue weighted by Crippen LogP contribution is -2.54. The zero-order chi connectivity index (χ0) is 17.2. The van der Waals surface area contributed by atoms with Crippen molar-refractivity contribution in [2.75, 3.05) is 32.2 Å². The van der Waals surface area contributed by atoms with Gasteiger partial charge >= 0.3 is 0 Å². The minimum Gasteiger partial charge on any atom is -0.497 e. The summed E-state index contributed by atoms with van der Waals surface area (Å²) in [6.45, 7) is 1.66. The average molecular weight is 406 g/mol. The molecule has 6 nitrogen and oxygen atoms in total. The van der Waals surface area contributed by atoms with E-state index in [0.29, 0.717) is 0 Å². The van der Waals surface area contributed by atoms with Gasteiger partial charge in [0.25, 0.3) is 0 Å². The number of rotatable bonds is 5. The van der Waals surface area contributed by atoms with Crippen LogP contribution < -0.4 is 25.4 Å². The maximum absolute atomic E-state index is 12.5. The fourth-order valence-corrected chi connectivity index (χ4v) is 3.65. The van der Waals surface area contributed by atoms with Crippen LogP contribution >= 0.6 is 24.8 Å². The summed E-state index contributed by atoms with van der Waals surface area (Å²) in [5, 5.41) is 3.15. The van der Waals surface area contributed by atoms with Gasteiger partial charge in [-0.2, -0.15) is 0 Å². The number of amides is 1. The van der Waals surface area contributed by atoms with Crippen LogP contribution in [0.15, 0.2) is 18.2 Å². The normalized spacial score (nSPS) is 20.7. The van der Waals surface area contributed by atoms with Crippen LogP contribution in [0.1, 0.15) is 32.1 Å². The molecule has 26 heavy (non-hydrogen) atoms. The molecule has 1 aliphatic heterocycles. The molecular weight excluding hydrogens is 377 g/mol. The molecule has 3 N–H and O–H groups in total. The van der Waals surface area contributed by atoms with Gasteiger partial charge in [-0.05, 0) is 19.3 Å². The molecule has 8 heteroatoms. The zero-order valence-corrected chi connectivity index (χ0v) is 17.0. The van der Waals surface area contributed by atoms with Crippen LogP contribution in [0.3, 0.4) is 0 Å². The molecule has 3 rings (SSSR count). The van der Waals surface area contributed by atoms with Crippen molar-refractivity contribution in [2.24, 2.45) is 5.73 Å². The Labute approximate surface area is 167 Å². The molecule has 1 saturated carbocycles. The first-order chi connectivity index (χ1) is 11.5.